The Morgan fingerprint density at radius 2 is 1.47 bits per heavy atom. The predicted molar refractivity (Wildman–Crippen MR) is 66.5 cm³/mol. The van der Waals surface area contributed by atoms with Gasteiger partial charge in [0.05, 0.1) is 6.04 Å². The van der Waals surface area contributed by atoms with Crippen LogP contribution in [0.3, 0.4) is 0 Å². The second kappa shape index (κ2) is 5.86. The second-order valence-electron chi connectivity index (χ2n) is 4.25. The topological polar surface area (TPSA) is 38.0 Å². The fourth-order valence-corrected chi connectivity index (χ4v) is 1.91. The Labute approximate surface area is 109 Å². The zero-order valence-electron chi connectivity index (χ0n) is 10.0. The molecule has 0 aromatic heterocycles. The van der Waals surface area contributed by atoms with Gasteiger partial charge in [0.1, 0.15) is 17.5 Å². The van der Waals surface area contributed by atoms with Crippen molar-refractivity contribution < 1.29 is 13.2 Å². The Hall–Kier alpha value is -1.85. The summed E-state index contributed by atoms with van der Waals surface area (Å²) in [4.78, 5) is 0. The first-order valence-electron chi connectivity index (χ1n) is 5.75. The third-order valence-electron chi connectivity index (χ3n) is 2.84. The van der Waals surface area contributed by atoms with Crippen LogP contribution in [0.4, 0.5) is 13.2 Å². The fraction of sp³-hybridized carbons (Fsp3) is 0.143. The van der Waals surface area contributed by atoms with Crippen LogP contribution in [-0.2, 0) is 6.42 Å². The number of hydrogen-bond donors (Lipinski definition) is 2. The van der Waals surface area contributed by atoms with E-state index in [0.29, 0.717) is 12.0 Å². The van der Waals surface area contributed by atoms with E-state index in [2.05, 4.69) is 5.43 Å². The van der Waals surface area contributed by atoms with E-state index in [-0.39, 0.29) is 5.82 Å². The van der Waals surface area contributed by atoms with Gasteiger partial charge >= 0.3 is 0 Å². The molecule has 0 heterocycles. The molecule has 0 aliphatic heterocycles. The van der Waals surface area contributed by atoms with Crippen molar-refractivity contribution >= 4 is 0 Å². The quantitative estimate of drug-likeness (QED) is 0.659. The normalized spacial score (nSPS) is 12.4. The fourth-order valence-electron chi connectivity index (χ4n) is 1.91. The summed E-state index contributed by atoms with van der Waals surface area (Å²) in [5.41, 5.74) is 3.73. The van der Waals surface area contributed by atoms with Gasteiger partial charge in [-0.1, -0.05) is 12.1 Å². The zero-order chi connectivity index (χ0) is 13.8. The molecule has 2 nitrogen and oxygen atoms in total. The van der Waals surface area contributed by atoms with Crippen LogP contribution in [0.2, 0.25) is 0 Å². The summed E-state index contributed by atoms with van der Waals surface area (Å²) in [7, 11) is 0. The molecule has 1 atom stereocenters. The van der Waals surface area contributed by atoms with Crippen LogP contribution in [0.15, 0.2) is 42.5 Å². The van der Waals surface area contributed by atoms with Crippen LogP contribution in [0, 0.1) is 17.5 Å². The highest BCUT2D eigenvalue weighted by Crippen LogP contribution is 2.20. The number of hydrogen-bond acceptors (Lipinski definition) is 2. The third-order valence-corrected chi connectivity index (χ3v) is 2.84. The molecule has 0 fully saturated rings. The molecule has 0 saturated heterocycles. The minimum absolute atomic E-state index is 0.335. The molecule has 0 spiro atoms. The van der Waals surface area contributed by atoms with Crippen LogP contribution in [0.5, 0.6) is 0 Å². The maximum absolute atomic E-state index is 13.2. The molecule has 0 saturated carbocycles. The van der Waals surface area contributed by atoms with Gasteiger partial charge in [-0.05, 0) is 41.8 Å². The Kier molecular flexibility index (Phi) is 4.19. The second-order valence-corrected chi connectivity index (χ2v) is 4.25. The molecular weight excluding hydrogens is 253 g/mol. The summed E-state index contributed by atoms with van der Waals surface area (Å²) in [6.45, 7) is 0. The van der Waals surface area contributed by atoms with Crippen molar-refractivity contribution in [2.45, 2.75) is 12.5 Å². The van der Waals surface area contributed by atoms with E-state index in [9.17, 15) is 13.2 Å². The number of nitrogens with two attached hydrogens (primary N) is 1. The van der Waals surface area contributed by atoms with Crippen molar-refractivity contribution in [3.63, 3.8) is 0 Å². The van der Waals surface area contributed by atoms with Crippen LogP contribution < -0.4 is 11.3 Å². The highest BCUT2D eigenvalue weighted by molar-refractivity contribution is 5.25. The van der Waals surface area contributed by atoms with Crippen molar-refractivity contribution in [1.82, 2.24) is 5.43 Å². The van der Waals surface area contributed by atoms with Gasteiger partial charge in [-0.3, -0.25) is 11.3 Å². The largest absolute Gasteiger partial charge is 0.271 e. The monoisotopic (exact) mass is 266 g/mol. The van der Waals surface area contributed by atoms with Crippen molar-refractivity contribution in [1.29, 1.82) is 0 Å². The van der Waals surface area contributed by atoms with E-state index in [1.54, 1.807) is 12.1 Å². The maximum Gasteiger partial charge on any atom is 0.126 e. The van der Waals surface area contributed by atoms with Crippen molar-refractivity contribution in [3.8, 4) is 0 Å². The van der Waals surface area contributed by atoms with Gasteiger partial charge in [0.2, 0.25) is 0 Å². The van der Waals surface area contributed by atoms with E-state index < -0.39 is 17.7 Å². The van der Waals surface area contributed by atoms with Gasteiger partial charge in [0, 0.05) is 6.07 Å². The van der Waals surface area contributed by atoms with E-state index in [4.69, 9.17) is 5.84 Å². The lowest BCUT2D eigenvalue weighted by Crippen LogP contribution is -2.29. The highest BCUT2D eigenvalue weighted by atomic mass is 19.1. The lowest BCUT2D eigenvalue weighted by atomic mass is 9.99. The van der Waals surface area contributed by atoms with Crippen LogP contribution >= 0.6 is 0 Å². The number of nitrogens with one attached hydrogen (secondary N) is 1. The van der Waals surface area contributed by atoms with E-state index in [1.807, 2.05) is 0 Å². The summed E-state index contributed by atoms with van der Waals surface area (Å²) in [5, 5.41) is 0. The van der Waals surface area contributed by atoms with Gasteiger partial charge in [-0.15, -0.1) is 0 Å². The Morgan fingerprint density at radius 1 is 0.895 bits per heavy atom. The minimum Gasteiger partial charge on any atom is -0.271 e. The van der Waals surface area contributed by atoms with Gasteiger partial charge < -0.3 is 0 Å². The summed E-state index contributed by atoms with van der Waals surface area (Å²) in [6.07, 6.45) is 0.402. The first-order valence-corrected chi connectivity index (χ1v) is 5.75. The van der Waals surface area contributed by atoms with Crippen molar-refractivity contribution in [2.24, 2.45) is 5.84 Å². The van der Waals surface area contributed by atoms with Gasteiger partial charge in [0.25, 0.3) is 0 Å². The molecule has 100 valence electrons. The molecule has 2 rings (SSSR count). The van der Waals surface area contributed by atoms with Gasteiger partial charge in [-0.2, -0.15) is 0 Å². The smallest absolute Gasteiger partial charge is 0.126 e. The lowest BCUT2D eigenvalue weighted by Gasteiger charge is -2.16. The Balaban J connectivity index is 2.22. The number of benzene rings is 2. The van der Waals surface area contributed by atoms with Crippen molar-refractivity contribution in [2.75, 3.05) is 0 Å². The summed E-state index contributed by atoms with van der Waals surface area (Å²) >= 11 is 0. The lowest BCUT2D eigenvalue weighted by molar-refractivity contribution is 0.530. The molecule has 0 bridgehead atoms. The maximum atomic E-state index is 13.2. The molecule has 0 amide bonds. The van der Waals surface area contributed by atoms with Gasteiger partial charge in [0.15, 0.2) is 0 Å². The minimum atomic E-state index is -0.658. The van der Waals surface area contributed by atoms with Gasteiger partial charge in [-0.25, -0.2) is 13.2 Å². The standard InChI is InChI=1S/C14H13F3N2/c15-11-3-1-9(2-4-11)5-14(19-18)10-6-12(16)8-13(17)7-10/h1-4,6-8,14,19H,5,18H2. The molecule has 2 aromatic rings. The first kappa shape index (κ1) is 13.6. The summed E-state index contributed by atoms with van der Waals surface area (Å²) in [6, 6.07) is 8.66. The van der Waals surface area contributed by atoms with E-state index >= 15 is 0 Å². The average Bonchev–Trinajstić information content (AvgIpc) is 2.37. The summed E-state index contributed by atoms with van der Waals surface area (Å²) in [5.74, 6) is 3.76. The molecule has 2 aromatic carbocycles. The number of hydrazine groups is 1. The third kappa shape index (κ3) is 3.56. The molecule has 0 aliphatic rings. The van der Waals surface area contributed by atoms with Crippen LogP contribution in [-0.4, -0.2) is 0 Å². The molecule has 3 N–H and O–H groups in total. The molecular formula is C14H13F3N2. The average molecular weight is 266 g/mol. The SMILES string of the molecule is NNC(Cc1ccc(F)cc1)c1cc(F)cc(F)c1. The Bertz CT molecular complexity index is 535. The number of rotatable bonds is 4. The highest BCUT2D eigenvalue weighted by Gasteiger charge is 2.13. The van der Waals surface area contributed by atoms with Crippen LogP contribution in [0.25, 0.3) is 0 Å². The van der Waals surface area contributed by atoms with Crippen molar-refractivity contribution in [3.05, 3.63) is 71.0 Å². The molecule has 0 aliphatic carbocycles. The van der Waals surface area contributed by atoms with E-state index in [1.165, 1.54) is 24.3 Å². The number of halogens is 3. The molecule has 5 heteroatoms. The molecule has 19 heavy (non-hydrogen) atoms. The Morgan fingerprint density at radius 3 is 2.00 bits per heavy atom. The molecule has 1 unspecified atom stereocenters. The molecule has 0 radical (unpaired) electrons. The first-order chi connectivity index (χ1) is 9.08. The van der Waals surface area contributed by atoms with E-state index in [0.717, 1.165) is 11.6 Å². The predicted octanol–water partition coefficient (Wildman–Crippen LogP) is 2.85. The van der Waals surface area contributed by atoms with Crippen LogP contribution in [0.1, 0.15) is 17.2 Å². The summed E-state index contributed by atoms with van der Waals surface area (Å²) < 4.78 is 39.1. The zero-order valence-corrected chi connectivity index (χ0v) is 10.0.